The minimum absolute atomic E-state index is 0.152. The van der Waals surface area contributed by atoms with E-state index in [4.69, 9.17) is 14.6 Å². The van der Waals surface area contributed by atoms with Crippen molar-refractivity contribution < 1.29 is 24.5 Å². The number of aromatic nitrogens is 1. The Kier molecular flexibility index (Phi) is 4.05. The van der Waals surface area contributed by atoms with E-state index < -0.39 is 20.1 Å². The second-order valence-electron chi connectivity index (χ2n) is 4.88. The van der Waals surface area contributed by atoms with Crippen LogP contribution in [-0.2, 0) is 4.74 Å². The maximum atomic E-state index is 11.2. The number of carbonyl (C=O) groups is 1. The van der Waals surface area contributed by atoms with Crippen molar-refractivity contribution in [1.29, 1.82) is 0 Å². The highest BCUT2D eigenvalue weighted by Crippen LogP contribution is 2.29. The number of hydrogen-bond donors (Lipinski definition) is 3. The van der Waals surface area contributed by atoms with Crippen molar-refractivity contribution in [2.24, 2.45) is 0 Å². The second-order valence-corrected chi connectivity index (χ2v) is 10.5. The molecule has 0 atom stereocenters. The fourth-order valence-electron chi connectivity index (χ4n) is 1.05. The van der Waals surface area contributed by atoms with Crippen LogP contribution < -0.4 is 4.74 Å². The Morgan fingerprint density at radius 2 is 2.06 bits per heavy atom. The van der Waals surface area contributed by atoms with E-state index in [9.17, 15) is 9.90 Å². The van der Waals surface area contributed by atoms with E-state index in [0.29, 0.717) is 6.61 Å². The third-order valence-electron chi connectivity index (χ3n) is 2.01. The summed E-state index contributed by atoms with van der Waals surface area (Å²) in [5.74, 6) is -0.849. The van der Waals surface area contributed by atoms with Crippen molar-refractivity contribution in [3.8, 4) is 17.5 Å². The predicted molar refractivity (Wildman–Crippen MR) is 64.3 cm³/mol. The summed E-state index contributed by atoms with van der Waals surface area (Å²) in [5, 5.41) is 18.2. The molecule has 0 amide bonds. The molecule has 3 N–H and O–H groups in total. The lowest BCUT2D eigenvalue weighted by molar-refractivity contribution is 0.103. The third-order valence-corrected chi connectivity index (χ3v) is 3.72. The smallest absolute Gasteiger partial charge is 0.494 e. The van der Waals surface area contributed by atoms with Gasteiger partial charge in [-0.05, 0) is 6.04 Å². The molecule has 17 heavy (non-hydrogen) atoms. The van der Waals surface area contributed by atoms with E-state index in [-0.39, 0.29) is 11.6 Å². The van der Waals surface area contributed by atoms with E-state index in [1.54, 1.807) is 0 Å². The zero-order chi connectivity index (χ0) is 13.1. The quantitative estimate of drug-likeness (QED) is 0.570. The first kappa shape index (κ1) is 13.4. The van der Waals surface area contributed by atoms with Crippen molar-refractivity contribution in [2.75, 3.05) is 6.61 Å². The number of nitrogens with one attached hydrogen (secondary N) is 1. The molecule has 0 aromatic carbocycles. The Morgan fingerprint density at radius 3 is 2.53 bits per heavy atom. The zero-order valence-corrected chi connectivity index (χ0v) is 11.1. The van der Waals surface area contributed by atoms with Crippen LogP contribution in [0.2, 0.25) is 25.7 Å². The van der Waals surface area contributed by atoms with Gasteiger partial charge in [-0.3, -0.25) is 4.98 Å². The SMILES string of the molecule is C[Si](C)(C)CCOC(=O)Oc1cc(O)[nH]c1O. The Labute approximate surface area is 100 Å². The Morgan fingerprint density at radius 1 is 1.41 bits per heavy atom. The highest BCUT2D eigenvalue weighted by atomic mass is 28.3. The normalized spacial score (nSPS) is 11.2. The second kappa shape index (κ2) is 5.13. The van der Waals surface area contributed by atoms with Crippen LogP contribution in [-0.4, -0.2) is 36.0 Å². The molecule has 0 saturated carbocycles. The van der Waals surface area contributed by atoms with Crippen LogP contribution in [0.4, 0.5) is 4.79 Å². The van der Waals surface area contributed by atoms with Crippen molar-refractivity contribution in [3.05, 3.63) is 6.07 Å². The van der Waals surface area contributed by atoms with Crippen molar-refractivity contribution >= 4 is 14.2 Å². The molecule has 1 aromatic heterocycles. The number of carbonyl (C=O) groups excluding carboxylic acids is 1. The van der Waals surface area contributed by atoms with E-state index in [0.717, 1.165) is 12.1 Å². The van der Waals surface area contributed by atoms with E-state index >= 15 is 0 Å². The Bertz CT molecular complexity index is 396. The Hall–Kier alpha value is -1.63. The molecule has 1 rings (SSSR count). The van der Waals surface area contributed by atoms with Crippen molar-refractivity contribution in [3.63, 3.8) is 0 Å². The highest BCUT2D eigenvalue weighted by Gasteiger charge is 2.16. The molecule has 1 heterocycles. The molecule has 0 aliphatic carbocycles. The maximum absolute atomic E-state index is 11.2. The fourth-order valence-corrected chi connectivity index (χ4v) is 1.76. The first-order chi connectivity index (χ1) is 7.78. The minimum atomic E-state index is -1.25. The van der Waals surface area contributed by atoms with Crippen LogP contribution in [0.25, 0.3) is 0 Å². The molecule has 0 aliphatic rings. The van der Waals surface area contributed by atoms with Gasteiger partial charge in [0.25, 0.3) is 0 Å². The number of H-pyrrole nitrogens is 1. The standard InChI is InChI=1S/C10H17NO5Si/c1-17(2,3)5-4-15-10(14)16-7-6-8(12)11-9(7)13/h6,11-13H,4-5H2,1-3H3. The topological polar surface area (TPSA) is 91.8 Å². The summed E-state index contributed by atoms with van der Waals surface area (Å²) in [5.41, 5.74) is 0. The molecule has 7 heteroatoms. The van der Waals surface area contributed by atoms with Crippen molar-refractivity contribution in [1.82, 2.24) is 4.98 Å². The number of hydrogen-bond acceptors (Lipinski definition) is 5. The van der Waals surface area contributed by atoms with Crippen LogP contribution in [0.1, 0.15) is 0 Å². The van der Waals surface area contributed by atoms with E-state index in [1.807, 2.05) is 0 Å². The van der Waals surface area contributed by atoms with Gasteiger partial charge in [0, 0.05) is 14.1 Å². The molecule has 0 fully saturated rings. The third kappa shape index (κ3) is 4.81. The van der Waals surface area contributed by atoms with Crippen LogP contribution in [0.3, 0.4) is 0 Å². The van der Waals surface area contributed by atoms with E-state index in [1.165, 1.54) is 0 Å². The predicted octanol–water partition coefficient (Wildman–Crippen LogP) is 2.28. The van der Waals surface area contributed by atoms with Gasteiger partial charge in [-0.25, -0.2) is 4.79 Å². The van der Waals surface area contributed by atoms with Gasteiger partial charge in [0.05, 0.1) is 6.61 Å². The number of aromatic amines is 1. The van der Waals surface area contributed by atoms with Crippen LogP contribution in [0.5, 0.6) is 17.5 Å². The molecule has 0 saturated heterocycles. The first-order valence-corrected chi connectivity index (χ1v) is 8.94. The largest absolute Gasteiger partial charge is 0.514 e. The molecule has 0 radical (unpaired) electrons. The number of ether oxygens (including phenoxy) is 2. The number of rotatable bonds is 4. The monoisotopic (exact) mass is 259 g/mol. The van der Waals surface area contributed by atoms with Gasteiger partial charge in [0.1, 0.15) is 0 Å². The van der Waals surface area contributed by atoms with Gasteiger partial charge in [0.2, 0.25) is 5.88 Å². The summed E-state index contributed by atoms with van der Waals surface area (Å²) in [6, 6.07) is 1.93. The molecule has 0 unspecified atom stereocenters. The van der Waals surface area contributed by atoms with Gasteiger partial charge in [-0.2, -0.15) is 0 Å². The average molecular weight is 259 g/mol. The summed E-state index contributed by atoms with van der Waals surface area (Å²) in [7, 11) is -1.25. The van der Waals surface area contributed by atoms with Gasteiger partial charge in [-0.15, -0.1) is 0 Å². The lowest BCUT2D eigenvalue weighted by Crippen LogP contribution is -2.23. The fraction of sp³-hybridized carbons (Fsp3) is 0.500. The molecular weight excluding hydrogens is 242 g/mol. The van der Waals surface area contributed by atoms with Crippen LogP contribution in [0, 0.1) is 0 Å². The molecule has 96 valence electrons. The average Bonchev–Trinajstić information content (AvgIpc) is 2.42. The molecule has 1 aromatic rings. The summed E-state index contributed by atoms with van der Waals surface area (Å²) >= 11 is 0. The lowest BCUT2D eigenvalue weighted by Gasteiger charge is -2.14. The van der Waals surface area contributed by atoms with Gasteiger partial charge in [-0.1, -0.05) is 19.6 Å². The Balaban J connectivity index is 2.38. The summed E-state index contributed by atoms with van der Waals surface area (Å²) < 4.78 is 9.55. The highest BCUT2D eigenvalue weighted by molar-refractivity contribution is 6.76. The first-order valence-electron chi connectivity index (χ1n) is 5.23. The van der Waals surface area contributed by atoms with Crippen LogP contribution in [0.15, 0.2) is 6.07 Å². The van der Waals surface area contributed by atoms with Crippen LogP contribution >= 0.6 is 0 Å². The lowest BCUT2D eigenvalue weighted by atomic mass is 10.6. The number of aromatic hydroxyl groups is 2. The van der Waals surface area contributed by atoms with Gasteiger partial charge in [0.15, 0.2) is 11.6 Å². The van der Waals surface area contributed by atoms with Crippen molar-refractivity contribution in [2.45, 2.75) is 25.7 Å². The molecule has 0 aliphatic heterocycles. The summed E-state index contributed by atoms with van der Waals surface area (Å²) in [4.78, 5) is 13.4. The molecular formula is C10H17NO5Si. The van der Waals surface area contributed by atoms with Gasteiger partial charge >= 0.3 is 6.16 Å². The molecule has 0 bridgehead atoms. The summed E-state index contributed by atoms with van der Waals surface area (Å²) in [6.45, 7) is 6.79. The van der Waals surface area contributed by atoms with Gasteiger partial charge < -0.3 is 19.7 Å². The summed E-state index contributed by atoms with van der Waals surface area (Å²) in [6.07, 6.45) is -0.891. The van der Waals surface area contributed by atoms with E-state index in [2.05, 4.69) is 24.6 Å². The zero-order valence-electron chi connectivity index (χ0n) is 10.1. The molecule has 0 spiro atoms. The minimum Gasteiger partial charge on any atom is -0.494 e. The maximum Gasteiger partial charge on any atom is 0.514 e. The molecule has 6 nitrogen and oxygen atoms in total.